The van der Waals surface area contributed by atoms with Gasteiger partial charge in [-0.3, -0.25) is 14.5 Å². The summed E-state index contributed by atoms with van der Waals surface area (Å²) < 4.78 is 0. The van der Waals surface area contributed by atoms with E-state index < -0.39 is 0 Å². The van der Waals surface area contributed by atoms with Crippen LogP contribution >= 0.6 is 0 Å². The molecule has 2 amide bonds. The Morgan fingerprint density at radius 1 is 0.966 bits per heavy atom. The Morgan fingerprint density at radius 3 is 2.17 bits per heavy atom. The van der Waals surface area contributed by atoms with Gasteiger partial charge in [0.05, 0.1) is 0 Å². The molecular formula is C24H37N3O2. The number of nitrogens with one attached hydrogen (secondary N) is 1. The first kappa shape index (κ1) is 21.8. The second kappa shape index (κ2) is 10.8. The van der Waals surface area contributed by atoms with Crippen molar-refractivity contribution in [1.82, 2.24) is 15.1 Å². The number of rotatable bonds is 7. The highest BCUT2D eigenvalue weighted by atomic mass is 16.2. The van der Waals surface area contributed by atoms with Crippen LogP contribution in [0.4, 0.5) is 0 Å². The number of amides is 2. The third-order valence-electron chi connectivity index (χ3n) is 6.61. The Labute approximate surface area is 175 Å². The Kier molecular flexibility index (Phi) is 8.10. The third kappa shape index (κ3) is 6.05. The van der Waals surface area contributed by atoms with E-state index in [1.165, 1.54) is 24.8 Å². The molecule has 1 aromatic rings. The highest BCUT2D eigenvalue weighted by Gasteiger charge is 2.29. The second-order valence-corrected chi connectivity index (χ2v) is 8.57. The van der Waals surface area contributed by atoms with E-state index in [4.69, 9.17) is 0 Å². The van der Waals surface area contributed by atoms with Crippen molar-refractivity contribution < 1.29 is 9.59 Å². The van der Waals surface area contributed by atoms with Crippen molar-refractivity contribution >= 4 is 11.8 Å². The molecule has 2 fully saturated rings. The predicted molar refractivity (Wildman–Crippen MR) is 117 cm³/mol. The minimum absolute atomic E-state index is 0.00329. The molecule has 5 nitrogen and oxygen atoms in total. The SMILES string of the molecule is CCN(CC)Cc1ccc(C(=O)NC2CCN(C(=O)C3CCCCC3)CC2)cc1. The third-order valence-corrected chi connectivity index (χ3v) is 6.61. The Balaban J connectivity index is 1.45. The minimum atomic E-state index is -0.00329. The second-order valence-electron chi connectivity index (χ2n) is 8.57. The van der Waals surface area contributed by atoms with Crippen molar-refractivity contribution in [1.29, 1.82) is 0 Å². The highest BCUT2D eigenvalue weighted by molar-refractivity contribution is 5.94. The van der Waals surface area contributed by atoms with Crippen LogP contribution in [0, 0.1) is 5.92 Å². The molecule has 1 saturated heterocycles. The number of benzene rings is 1. The summed E-state index contributed by atoms with van der Waals surface area (Å²) in [5.74, 6) is 0.583. The molecule has 3 rings (SSSR count). The zero-order valence-corrected chi connectivity index (χ0v) is 18.2. The van der Waals surface area contributed by atoms with Gasteiger partial charge in [0, 0.05) is 37.2 Å². The van der Waals surface area contributed by atoms with Gasteiger partial charge >= 0.3 is 0 Å². The van der Waals surface area contributed by atoms with Crippen LogP contribution < -0.4 is 5.32 Å². The fraction of sp³-hybridized carbons (Fsp3) is 0.667. The van der Waals surface area contributed by atoms with Crippen LogP contribution in [0.15, 0.2) is 24.3 Å². The summed E-state index contributed by atoms with van der Waals surface area (Å²) in [5.41, 5.74) is 1.95. The molecule has 0 unspecified atom stereocenters. The van der Waals surface area contributed by atoms with E-state index >= 15 is 0 Å². The van der Waals surface area contributed by atoms with Crippen LogP contribution in [0.3, 0.4) is 0 Å². The quantitative estimate of drug-likeness (QED) is 0.758. The summed E-state index contributed by atoms with van der Waals surface area (Å²) in [6, 6.07) is 8.12. The molecule has 0 spiro atoms. The van der Waals surface area contributed by atoms with E-state index in [0.717, 1.165) is 58.4 Å². The molecule has 1 aliphatic carbocycles. The van der Waals surface area contributed by atoms with Gasteiger partial charge in [-0.05, 0) is 56.5 Å². The molecule has 1 aliphatic heterocycles. The van der Waals surface area contributed by atoms with E-state index in [-0.39, 0.29) is 17.9 Å². The van der Waals surface area contributed by atoms with E-state index in [0.29, 0.717) is 11.5 Å². The van der Waals surface area contributed by atoms with Crippen molar-refractivity contribution in [3.8, 4) is 0 Å². The van der Waals surface area contributed by atoms with Crippen LogP contribution in [0.5, 0.6) is 0 Å². The molecule has 1 N–H and O–H groups in total. The van der Waals surface area contributed by atoms with Gasteiger partial charge in [0.2, 0.25) is 5.91 Å². The molecule has 0 aromatic heterocycles. The van der Waals surface area contributed by atoms with Gasteiger partial charge in [0.25, 0.3) is 5.91 Å². The van der Waals surface area contributed by atoms with Gasteiger partial charge in [-0.25, -0.2) is 0 Å². The molecule has 1 saturated carbocycles. The molecule has 0 atom stereocenters. The summed E-state index contributed by atoms with van der Waals surface area (Å²) in [6.07, 6.45) is 7.47. The summed E-state index contributed by atoms with van der Waals surface area (Å²) in [5, 5.41) is 3.17. The van der Waals surface area contributed by atoms with Crippen molar-refractivity contribution in [3.63, 3.8) is 0 Å². The highest BCUT2D eigenvalue weighted by Crippen LogP contribution is 2.26. The van der Waals surface area contributed by atoms with Gasteiger partial charge in [-0.2, -0.15) is 0 Å². The number of hydrogen-bond donors (Lipinski definition) is 1. The maximum Gasteiger partial charge on any atom is 0.251 e. The number of nitrogens with zero attached hydrogens (tertiary/aromatic N) is 2. The average molecular weight is 400 g/mol. The van der Waals surface area contributed by atoms with Gasteiger partial charge in [-0.15, -0.1) is 0 Å². The van der Waals surface area contributed by atoms with Crippen LogP contribution in [0.2, 0.25) is 0 Å². The number of carbonyl (C=O) groups excluding carboxylic acids is 2. The van der Waals surface area contributed by atoms with Crippen molar-refractivity contribution in [2.45, 2.75) is 71.4 Å². The molecular weight excluding hydrogens is 362 g/mol. The van der Waals surface area contributed by atoms with Crippen molar-refractivity contribution in [3.05, 3.63) is 35.4 Å². The molecule has 0 radical (unpaired) electrons. The van der Waals surface area contributed by atoms with Gasteiger partial charge < -0.3 is 10.2 Å². The average Bonchev–Trinajstić information content (AvgIpc) is 2.78. The predicted octanol–water partition coefficient (Wildman–Crippen LogP) is 3.83. The zero-order valence-electron chi connectivity index (χ0n) is 18.2. The molecule has 1 heterocycles. The zero-order chi connectivity index (χ0) is 20.6. The van der Waals surface area contributed by atoms with Crippen LogP contribution in [-0.4, -0.2) is 53.8 Å². The van der Waals surface area contributed by atoms with E-state index in [1.807, 2.05) is 17.0 Å². The minimum Gasteiger partial charge on any atom is -0.349 e. The first-order chi connectivity index (χ1) is 14.1. The van der Waals surface area contributed by atoms with Crippen molar-refractivity contribution in [2.75, 3.05) is 26.2 Å². The first-order valence-electron chi connectivity index (χ1n) is 11.5. The number of piperidine rings is 1. The van der Waals surface area contributed by atoms with Crippen molar-refractivity contribution in [2.24, 2.45) is 5.92 Å². The molecule has 5 heteroatoms. The fourth-order valence-electron chi connectivity index (χ4n) is 4.59. The summed E-state index contributed by atoms with van der Waals surface area (Å²) in [4.78, 5) is 29.7. The molecule has 160 valence electrons. The van der Waals surface area contributed by atoms with Gasteiger partial charge in [0.1, 0.15) is 0 Å². The molecule has 0 bridgehead atoms. The molecule has 2 aliphatic rings. The maximum absolute atomic E-state index is 12.7. The topological polar surface area (TPSA) is 52.7 Å². The maximum atomic E-state index is 12.7. The normalized spacial score (nSPS) is 18.8. The Bertz CT molecular complexity index is 655. The van der Waals surface area contributed by atoms with Crippen LogP contribution in [0.1, 0.15) is 74.7 Å². The standard InChI is InChI=1S/C24H37N3O2/c1-3-26(4-2)18-19-10-12-20(13-11-19)23(28)25-22-14-16-27(17-15-22)24(29)21-8-6-5-7-9-21/h10-13,21-22H,3-9,14-18H2,1-2H3,(H,25,28). The van der Waals surface area contributed by atoms with Gasteiger partial charge in [-0.1, -0.05) is 45.2 Å². The number of hydrogen-bond acceptors (Lipinski definition) is 3. The van der Waals surface area contributed by atoms with Crippen LogP contribution in [-0.2, 0) is 11.3 Å². The summed E-state index contributed by atoms with van der Waals surface area (Å²) in [6.45, 7) is 8.84. The van der Waals surface area contributed by atoms with E-state index in [9.17, 15) is 9.59 Å². The largest absolute Gasteiger partial charge is 0.349 e. The van der Waals surface area contributed by atoms with E-state index in [2.05, 4.69) is 36.2 Å². The van der Waals surface area contributed by atoms with Gasteiger partial charge in [0.15, 0.2) is 0 Å². The smallest absolute Gasteiger partial charge is 0.251 e. The van der Waals surface area contributed by atoms with E-state index in [1.54, 1.807) is 0 Å². The fourth-order valence-corrected chi connectivity index (χ4v) is 4.59. The lowest BCUT2D eigenvalue weighted by atomic mass is 9.87. The number of carbonyl (C=O) groups is 2. The lowest BCUT2D eigenvalue weighted by molar-refractivity contribution is -0.137. The first-order valence-corrected chi connectivity index (χ1v) is 11.5. The Hall–Kier alpha value is -1.88. The lowest BCUT2D eigenvalue weighted by Crippen LogP contribution is -2.48. The summed E-state index contributed by atoms with van der Waals surface area (Å²) in [7, 11) is 0. The molecule has 29 heavy (non-hydrogen) atoms. The lowest BCUT2D eigenvalue weighted by Gasteiger charge is -2.35. The molecule has 1 aromatic carbocycles. The Morgan fingerprint density at radius 2 is 1.59 bits per heavy atom. The summed E-state index contributed by atoms with van der Waals surface area (Å²) >= 11 is 0. The van der Waals surface area contributed by atoms with Crippen LogP contribution in [0.25, 0.3) is 0 Å². The number of likely N-dealkylation sites (tertiary alicyclic amines) is 1. The monoisotopic (exact) mass is 399 g/mol.